The second-order valence-electron chi connectivity index (χ2n) is 3.77. The van der Waals surface area contributed by atoms with Gasteiger partial charge in [0.1, 0.15) is 11.6 Å². The summed E-state index contributed by atoms with van der Waals surface area (Å²) in [7, 11) is 3.22. The first-order chi connectivity index (χ1) is 8.74. The van der Waals surface area contributed by atoms with Crippen molar-refractivity contribution in [2.24, 2.45) is 0 Å². The van der Waals surface area contributed by atoms with Crippen molar-refractivity contribution in [3.8, 4) is 5.75 Å². The number of fused-ring (bicyclic) bond motifs is 1. The summed E-state index contributed by atoms with van der Waals surface area (Å²) in [5.74, 6) is 1.35. The molecule has 94 valence electrons. The van der Waals surface area contributed by atoms with Gasteiger partial charge in [-0.25, -0.2) is 4.98 Å². The molecule has 0 aliphatic heterocycles. The summed E-state index contributed by atoms with van der Waals surface area (Å²) in [6, 6.07) is 7.67. The summed E-state index contributed by atoms with van der Waals surface area (Å²) in [6.45, 7) is 0.194. The molecule has 1 heterocycles. The molecular weight excluding hydrogens is 230 g/mol. The quantitative estimate of drug-likeness (QED) is 0.854. The summed E-state index contributed by atoms with van der Waals surface area (Å²) >= 11 is 0. The summed E-state index contributed by atoms with van der Waals surface area (Å²) < 4.78 is 5.19. The van der Waals surface area contributed by atoms with Crippen LogP contribution in [-0.2, 0) is 4.79 Å². The van der Waals surface area contributed by atoms with Gasteiger partial charge < -0.3 is 15.4 Å². The van der Waals surface area contributed by atoms with Gasteiger partial charge in [0, 0.05) is 18.6 Å². The molecular formula is C13H15N3O2. The van der Waals surface area contributed by atoms with E-state index in [4.69, 9.17) is 4.74 Å². The van der Waals surface area contributed by atoms with Crippen LogP contribution in [0.3, 0.4) is 0 Å². The van der Waals surface area contributed by atoms with E-state index in [1.807, 2.05) is 24.3 Å². The van der Waals surface area contributed by atoms with Gasteiger partial charge in [0.25, 0.3) is 0 Å². The maximum Gasteiger partial charge on any atom is 0.239 e. The Bertz CT molecular complexity index is 569. The van der Waals surface area contributed by atoms with E-state index in [9.17, 15) is 4.79 Å². The molecule has 0 saturated carbocycles. The van der Waals surface area contributed by atoms with Crippen molar-refractivity contribution in [3.63, 3.8) is 0 Å². The lowest BCUT2D eigenvalue weighted by Crippen LogP contribution is -2.26. The molecule has 18 heavy (non-hydrogen) atoms. The summed E-state index contributed by atoms with van der Waals surface area (Å²) in [6.07, 6.45) is 1.71. The van der Waals surface area contributed by atoms with E-state index < -0.39 is 0 Å². The molecule has 5 heteroatoms. The van der Waals surface area contributed by atoms with Crippen LogP contribution >= 0.6 is 0 Å². The zero-order valence-electron chi connectivity index (χ0n) is 10.4. The number of anilines is 1. The molecule has 0 fully saturated rings. The molecule has 2 rings (SSSR count). The SMILES string of the molecule is CNC(=O)CNc1nccc2ccc(OC)cc12. The number of ether oxygens (including phenoxy) is 1. The number of methoxy groups -OCH3 is 1. The highest BCUT2D eigenvalue weighted by molar-refractivity contribution is 5.94. The average molecular weight is 245 g/mol. The lowest BCUT2D eigenvalue weighted by molar-refractivity contribution is -0.118. The van der Waals surface area contributed by atoms with Crippen molar-refractivity contribution in [2.75, 3.05) is 26.0 Å². The Hall–Kier alpha value is -2.30. The Morgan fingerprint density at radius 1 is 1.39 bits per heavy atom. The van der Waals surface area contributed by atoms with Crippen LogP contribution in [0.4, 0.5) is 5.82 Å². The summed E-state index contributed by atoms with van der Waals surface area (Å²) in [4.78, 5) is 15.5. The number of carbonyl (C=O) groups is 1. The average Bonchev–Trinajstić information content (AvgIpc) is 2.43. The van der Waals surface area contributed by atoms with Crippen molar-refractivity contribution in [2.45, 2.75) is 0 Å². The van der Waals surface area contributed by atoms with Gasteiger partial charge in [0.2, 0.25) is 5.91 Å². The number of hydrogen-bond acceptors (Lipinski definition) is 4. The molecule has 0 atom stereocenters. The second kappa shape index (κ2) is 5.35. The standard InChI is InChI=1S/C13H15N3O2/c1-14-12(17)8-16-13-11-7-10(18-2)4-3-9(11)5-6-15-13/h3-7H,8H2,1-2H3,(H,14,17)(H,15,16). The number of nitrogens with zero attached hydrogens (tertiary/aromatic N) is 1. The van der Waals surface area contributed by atoms with E-state index >= 15 is 0 Å². The third-order valence-corrected chi connectivity index (χ3v) is 2.67. The molecule has 5 nitrogen and oxygen atoms in total. The van der Waals surface area contributed by atoms with Crippen LogP contribution < -0.4 is 15.4 Å². The third-order valence-electron chi connectivity index (χ3n) is 2.67. The van der Waals surface area contributed by atoms with Crippen LogP contribution in [-0.4, -0.2) is 31.6 Å². The van der Waals surface area contributed by atoms with E-state index in [0.717, 1.165) is 16.5 Å². The number of carbonyl (C=O) groups excluding carboxylic acids is 1. The van der Waals surface area contributed by atoms with Crippen molar-refractivity contribution in [1.29, 1.82) is 0 Å². The fourth-order valence-electron chi connectivity index (χ4n) is 1.67. The van der Waals surface area contributed by atoms with Crippen LogP contribution in [0.5, 0.6) is 5.75 Å². The first-order valence-electron chi connectivity index (χ1n) is 5.62. The molecule has 1 aromatic carbocycles. The number of likely N-dealkylation sites (N-methyl/N-ethyl adjacent to an activating group) is 1. The van der Waals surface area contributed by atoms with Crippen molar-refractivity contribution in [3.05, 3.63) is 30.5 Å². The number of hydrogen-bond donors (Lipinski definition) is 2. The minimum atomic E-state index is -0.0864. The lowest BCUT2D eigenvalue weighted by atomic mass is 10.1. The molecule has 1 aromatic heterocycles. The van der Waals surface area contributed by atoms with E-state index in [1.54, 1.807) is 20.4 Å². The molecule has 1 amide bonds. The van der Waals surface area contributed by atoms with Gasteiger partial charge in [0.05, 0.1) is 13.7 Å². The molecule has 0 aliphatic carbocycles. The Balaban J connectivity index is 2.34. The first-order valence-corrected chi connectivity index (χ1v) is 5.62. The molecule has 0 saturated heterocycles. The highest BCUT2D eigenvalue weighted by Crippen LogP contribution is 2.25. The van der Waals surface area contributed by atoms with Crippen LogP contribution in [0.15, 0.2) is 30.5 Å². The van der Waals surface area contributed by atoms with Gasteiger partial charge in [-0.15, -0.1) is 0 Å². The molecule has 0 radical (unpaired) electrons. The fourth-order valence-corrected chi connectivity index (χ4v) is 1.67. The lowest BCUT2D eigenvalue weighted by Gasteiger charge is -2.09. The summed E-state index contributed by atoms with van der Waals surface area (Å²) in [5, 5.41) is 7.54. The second-order valence-corrected chi connectivity index (χ2v) is 3.77. The normalized spacial score (nSPS) is 10.1. The Morgan fingerprint density at radius 2 is 2.22 bits per heavy atom. The monoisotopic (exact) mass is 245 g/mol. The fraction of sp³-hybridized carbons (Fsp3) is 0.231. The van der Waals surface area contributed by atoms with Crippen LogP contribution in [0.1, 0.15) is 0 Å². The van der Waals surface area contributed by atoms with Gasteiger partial charge in [-0.1, -0.05) is 6.07 Å². The minimum absolute atomic E-state index is 0.0864. The topological polar surface area (TPSA) is 63.2 Å². The van der Waals surface area contributed by atoms with Crippen LogP contribution in [0.2, 0.25) is 0 Å². The van der Waals surface area contributed by atoms with Gasteiger partial charge in [-0.2, -0.15) is 0 Å². The zero-order valence-corrected chi connectivity index (χ0v) is 10.4. The van der Waals surface area contributed by atoms with E-state index in [1.165, 1.54) is 0 Å². The first kappa shape index (κ1) is 12.2. The van der Waals surface area contributed by atoms with Crippen LogP contribution in [0, 0.1) is 0 Å². The molecule has 2 aromatic rings. The molecule has 0 bridgehead atoms. The number of rotatable bonds is 4. The predicted octanol–water partition coefficient (Wildman–Crippen LogP) is 1.40. The Morgan fingerprint density at radius 3 is 2.94 bits per heavy atom. The highest BCUT2D eigenvalue weighted by atomic mass is 16.5. The zero-order chi connectivity index (χ0) is 13.0. The number of pyridine rings is 1. The third kappa shape index (κ3) is 2.51. The predicted molar refractivity (Wildman–Crippen MR) is 70.9 cm³/mol. The van der Waals surface area contributed by atoms with Crippen molar-refractivity contribution >= 4 is 22.5 Å². The molecule has 0 spiro atoms. The largest absolute Gasteiger partial charge is 0.497 e. The number of nitrogens with one attached hydrogen (secondary N) is 2. The maximum atomic E-state index is 11.2. The van der Waals surface area contributed by atoms with Crippen molar-refractivity contribution in [1.82, 2.24) is 10.3 Å². The molecule has 0 aliphatic rings. The van der Waals surface area contributed by atoms with Gasteiger partial charge in [0.15, 0.2) is 0 Å². The van der Waals surface area contributed by atoms with Gasteiger partial charge >= 0.3 is 0 Å². The van der Waals surface area contributed by atoms with Gasteiger partial charge in [-0.3, -0.25) is 4.79 Å². The van der Waals surface area contributed by atoms with Gasteiger partial charge in [-0.05, 0) is 23.6 Å². The maximum absolute atomic E-state index is 11.2. The van der Waals surface area contributed by atoms with Crippen LogP contribution in [0.25, 0.3) is 10.8 Å². The van der Waals surface area contributed by atoms with Crippen molar-refractivity contribution < 1.29 is 9.53 Å². The summed E-state index contributed by atoms with van der Waals surface area (Å²) in [5.41, 5.74) is 0. The van der Waals surface area contributed by atoms with E-state index in [2.05, 4.69) is 15.6 Å². The highest BCUT2D eigenvalue weighted by Gasteiger charge is 2.05. The molecule has 0 unspecified atom stereocenters. The minimum Gasteiger partial charge on any atom is -0.497 e. The van der Waals surface area contributed by atoms with E-state index in [-0.39, 0.29) is 12.5 Å². The number of benzene rings is 1. The van der Waals surface area contributed by atoms with E-state index in [0.29, 0.717) is 5.82 Å². The molecule has 2 N–H and O–H groups in total. The Kier molecular flexibility index (Phi) is 3.62. The number of amides is 1. The number of aromatic nitrogens is 1. The smallest absolute Gasteiger partial charge is 0.239 e. The Labute approximate surface area is 105 Å².